The molecule has 1 aliphatic rings. The molecule has 5 aromatic carbocycles. The molecule has 1 aliphatic carbocycles. The second-order valence-electron chi connectivity index (χ2n) is 20.3. The van der Waals surface area contributed by atoms with Gasteiger partial charge >= 0.3 is 0 Å². The Bertz CT molecular complexity index is 3340. The van der Waals surface area contributed by atoms with Crippen LogP contribution in [0.1, 0.15) is 81.3 Å². The average molecular weight is 1100 g/mol. The first-order chi connectivity index (χ1) is 32.8. The van der Waals surface area contributed by atoms with E-state index in [1.54, 1.807) is 12.4 Å². The van der Waals surface area contributed by atoms with Crippen LogP contribution in [0.5, 0.6) is 0 Å². The summed E-state index contributed by atoms with van der Waals surface area (Å²) in [5.41, 5.74) is 16.4. The zero-order chi connectivity index (χ0) is 47.2. The molecule has 1 saturated carbocycles. The van der Waals surface area contributed by atoms with Gasteiger partial charge in [-0.2, -0.15) is 0 Å². The summed E-state index contributed by atoms with van der Waals surface area (Å²) in [5, 5.41) is 2.28. The molecule has 7 nitrogen and oxygen atoms in total. The maximum atomic E-state index is 6.40. The molecule has 11 rings (SSSR count). The van der Waals surface area contributed by atoms with Gasteiger partial charge in [-0.15, -0.1) is 53.6 Å². The van der Waals surface area contributed by atoms with Crippen molar-refractivity contribution in [3.05, 3.63) is 175 Å². The predicted molar refractivity (Wildman–Crippen MR) is 282 cm³/mol. The molecule has 1 radical (unpaired) electrons. The van der Waals surface area contributed by atoms with Crippen molar-refractivity contribution in [1.82, 2.24) is 29.5 Å². The van der Waals surface area contributed by atoms with Gasteiger partial charge in [0, 0.05) is 55.5 Å². The van der Waals surface area contributed by atoms with E-state index in [1.165, 1.54) is 48.4 Å². The van der Waals surface area contributed by atoms with E-state index in [0.717, 1.165) is 78.5 Å². The van der Waals surface area contributed by atoms with Gasteiger partial charge in [0.1, 0.15) is 5.52 Å². The molecule has 0 bridgehead atoms. The largest absolute Gasteiger partial charge is 0.485 e. The van der Waals surface area contributed by atoms with Crippen LogP contribution < -0.4 is 5.19 Å². The molecule has 0 atom stereocenters. The maximum absolute atomic E-state index is 6.40. The Hall–Kier alpha value is -6.38. The fourth-order valence-electron chi connectivity index (χ4n) is 9.71. The summed E-state index contributed by atoms with van der Waals surface area (Å²) in [6.45, 7) is 17.9. The van der Waals surface area contributed by atoms with E-state index in [-0.39, 0.29) is 25.5 Å². The molecule has 0 N–H and O–H groups in total. The number of pyridine rings is 2. The van der Waals surface area contributed by atoms with Gasteiger partial charge in [0.15, 0.2) is 0 Å². The summed E-state index contributed by atoms with van der Waals surface area (Å²) >= 11 is 0. The zero-order valence-electron chi connectivity index (χ0n) is 40.8. The van der Waals surface area contributed by atoms with Crippen LogP contribution in [0.15, 0.2) is 144 Å². The van der Waals surface area contributed by atoms with Gasteiger partial charge in [-0.05, 0) is 70.4 Å². The van der Waals surface area contributed by atoms with E-state index in [1.807, 2.05) is 19.1 Å². The Labute approximate surface area is 420 Å². The second-order valence-corrected chi connectivity index (χ2v) is 25.4. The molecule has 0 saturated heterocycles. The second kappa shape index (κ2) is 19.5. The summed E-state index contributed by atoms with van der Waals surface area (Å²) in [4.78, 5) is 24.0. The molecule has 9 heteroatoms. The first-order valence-corrected chi connectivity index (χ1v) is 27.5. The van der Waals surface area contributed by atoms with Crippen molar-refractivity contribution in [2.75, 3.05) is 0 Å². The minimum Gasteiger partial charge on any atom is -0.485 e. The van der Waals surface area contributed by atoms with Crippen LogP contribution in [0.2, 0.25) is 19.6 Å². The summed E-state index contributed by atoms with van der Waals surface area (Å²) < 4.78 is 8.67. The van der Waals surface area contributed by atoms with Gasteiger partial charge in [-0.25, -0.2) is 4.98 Å². The summed E-state index contributed by atoms with van der Waals surface area (Å²) in [7, 11) is -1.26. The first kappa shape index (κ1) is 47.7. The van der Waals surface area contributed by atoms with Crippen molar-refractivity contribution in [1.29, 1.82) is 0 Å². The van der Waals surface area contributed by atoms with E-state index in [4.69, 9.17) is 14.4 Å². The van der Waals surface area contributed by atoms with Crippen LogP contribution in [0.4, 0.5) is 0 Å². The SMILES string of the molecule is C[Si](C)(C)c1ccc(-c2[c-]cc(C3CCCCC3)cc2)nc1.Cc1cc2nc(-c3[c-]ccc4c3oc3nccnc34)n(-c3c(-c4ccccc4)cc(C(C)(C)C)cc3-c3ccccc3)c2c(C)n1.[Ir]. The van der Waals surface area contributed by atoms with Crippen LogP contribution in [-0.4, -0.2) is 37.6 Å². The van der Waals surface area contributed by atoms with Crippen molar-refractivity contribution >= 4 is 46.5 Å². The molecule has 0 unspecified atom stereocenters. The number of imidazole rings is 1. The van der Waals surface area contributed by atoms with Crippen molar-refractivity contribution in [3.8, 4) is 50.6 Å². The number of fused-ring (bicyclic) bond motifs is 4. The molecule has 1 fully saturated rings. The molecule has 349 valence electrons. The van der Waals surface area contributed by atoms with Crippen LogP contribution in [0.25, 0.3) is 83.8 Å². The first-order valence-electron chi connectivity index (χ1n) is 24.0. The number of furan rings is 1. The Balaban J connectivity index is 0.000000217. The molecule has 10 aromatic rings. The number of aromatic nitrogens is 6. The third-order valence-electron chi connectivity index (χ3n) is 13.4. The molecular formula is C60H58IrN6OSi-2. The van der Waals surface area contributed by atoms with Crippen molar-refractivity contribution in [2.24, 2.45) is 0 Å². The number of hydrogen-bond donors (Lipinski definition) is 0. The molecule has 5 aromatic heterocycles. The fraction of sp³-hybridized carbons (Fsp3) is 0.250. The minimum atomic E-state index is -1.26. The maximum Gasteiger partial charge on any atom is 0.235 e. The van der Waals surface area contributed by atoms with E-state index in [2.05, 4.69) is 194 Å². The van der Waals surface area contributed by atoms with Crippen molar-refractivity contribution < 1.29 is 24.5 Å². The smallest absolute Gasteiger partial charge is 0.235 e. The topological polar surface area (TPSA) is 82.5 Å². The molecule has 0 spiro atoms. The normalized spacial score (nSPS) is 13.3. The van der Waals surface area contributed by atoms with Crippen LogP contribution in [0, 0.1) is 26.0 Å². The zero-order valence-corrected chi connectivity index (χ0v) is 44.2. The molecule has 0 amide bonds. The molecule has 5 heterocycles. The molecular weight excluding hydrogens is 1040 g/mol. The van der Waals surface area contributed by atoms with Crippen LogP contribution in [0.3, 0.4) is 0 Å². The van der Waals surface area contributed by atoms with E-state index >= 15 is 0 Å². The van der Waals surface area contributed by atoms with E-state index in [9.17, 15) is 0 Å². The summed E-state index contributed by atoms with van der Waals surface area (Å²) in [5.74, 6) is 1.47. The number of benzene rings is 5. The fourth-order valence-corrected chi connectivity index (χ4v) is 10.7. The number of nitrogens with zero attached hydrogens (tertiary/aromatic N) is 6. The van der Waals surface area contributed by atoms with Crippen LogP contribution >= 0.6 is 0 Å². The van der Waals surface area contributed by atoms with Crippen molar-refractivity contribution in [2.45, 2.75) is 97.7 Å². The number of aryl methyl sites for hydroxylation is 2. The Morgan fingerprint density at radius 1 is 0.725 bits per heavy atom. The van der Waals surface area contributed by atoms with Gasteiger partial charge in [-0.1, -0.05) is 157 Å². The Kier molecular flexibility index (Phi) is 13.5. The average Bonchev–Trinajstić information content (AvgIpc) is 3.93. The Morgan fingerprint density at radius 3 is 2.01 bits per heavy atom. The Morgan fingerprint density at radius 2 is 1.41 bits per heavy atom. The number of rotatable bonds is 7. The monoisotopic (exact) mass is 1100 g/mol. The third-order valence-corrected chi connectivity index (χ3v) is 15.4. The predicted octanol–water partition coefficient (Wildman–Crippen LogP) is 15.0. The molecule has 69 heavy (non-hydrogen) atoms. The quantitative estimate of drug-likeness (QED) is 0.117. The van der Waals surface area contributed by atoms with E-state index in [0.29, 0.717) is 22.6 Å². The van der Waals surface area contributed by atoms with Gasteiger partial charge in [0.25, 0.3) is 0 Å². The third kappa shape index (κ3) is 9.65. The minimum absolute atomic E-state index is 0. The van der Waals surface area contributed by atoms with Gasteiger partial charge in [-0.3, -0.25) is 15.0 Å². The van der Waals surface area contributed by atoms with Gasteiger partial charge in [0.2, 0.25) is 5.71 Å². The van der Waals surface area contributed by atoms with Gasteiger partial charge < -0.3 is 14.0 Å². The molecule has 0 aliphatic heterocycles. The number of hydrogen-bond acceptors (Lipinski definition) is 6. The van der Waals surface area contributed by atoms with Crippen LogP contribution in [-0.2, 0) is 25.5 Å². The van der Waals surface area contributed by atoms with E-state index < -0.39 is 8.07 Å². The summed E-state index contributed by atoms with van der Waals surface area (Å²) in [6.07, 6.45) is 12.3. The van der Waals surface area contributed by atoms with Crippen molar-refractivity contribution in [3.63, 3.8) is 0 Å². The standard InChI is InChI=1S/C40H32N5O.C20H26NSi.Ir/c1-24-21-33-35(25(2)43-24)45(38(44-33)30-18-12-17-29-34-39(46-37(29)30)42-20-19-41-34)36-31(26-13-8-6-9-14-26)22-28(40(3,4)5)23-32(36)27-15-10-7-11-16-27;1-22(2,3)19-13-14-20(21-15-19)18-11-9-17(10-12-18)16-7-5-4-6-8-16;/h6-17,19-23H,1-5H3;9-11,13-16H,4-8H2,1-3H3;/q2*-1;. The summed E-state index contributed by atoms with van der Waals surface area (Å²) in [6, 6.07) is 49.9. The van der Waals surface area contributed by atoms with Gasteiger partial charge in [0.05, 0.1) is 41.9 Å².